The van der Waals surface area contributed by atoms with E-state index in [1.807, 2.05) is 0 Å². The third kappa shape index (κ3) is 4.00. The molecule has 3 heterocycles. The van der Waals surface area contributed by atoms with Gasteiger partial charge in [0.15, 0.2) is 0 Å². The van der Waals surface area contributed by atoms with Gasteiger partial charge < -0.3 is 9.64 Å². The van der Waals surface area contributed by atoms with E-state index in [0.717, 1.165) is 31.9 Å². The number of benzene rings is 1. The Hall–Kier alpha value is -1.55. The number of amides is 1. The summed E-state index contributed by atoms with van der Waals surface area (Å²) in [6, 6.07) is 9.20. The quantitative estimate of drug-likeness (QED) is 0.840. The van der Waals surface area contributed by atoms with E-state index in [0.29, 0.717) is 18.1 Å². The Bertz CT molecular complexity index is 594. The predicted molar refractivity (Wildman–Crippen MR) is 98.5 cm³/mol. The molecule has 1 aromatic carbocycles. The van der Waals surface area contributed by atoms with Crippen LogP contribution < -0.4 is 4.74 Å². The molecule has 1 aromatic rings. The highest BCUT2D eigenvalue weighted by Gasteiger charge is 2.35. The molecule has 0 spiro atoms. The molecule has 3 saturated heterocycles. The number of carbonyl (C=O) groups is 1. The molecule has 4 heteroatoms. The Kier molecular flexibility index (Phi) is 4.98. The third-order valence-electron chi connectivity index (χ3n) is 6.19. The first-order chi connectivity index (χ1) is 12.2. The van der Waals surface area contributed by atoms with Crippen LogP contribution in [0.15, 0.2) is 24.3 Å². The van der Waals surface area contributed by atoms with E-state index in [2.05, 4.69) is 34.1 Å². The number of piperidine rings is 1. The number of carbonyl (C=O) groups excluding carboxylic acids is 1. The molecule has 1 saturated carbocycles. The molecular formula is C21H30N2O2. The zero-order valence-corrected chi connectivity index (χ0v) is 15.3. The number of ether oxygens (including phenoxy) is 1. The first kappa shape index (κ1) is 16.9. The maximum Gasteiger partial charge on any atom is 0.219 e. The highest BCUT2D eigenvalue weighted by Crippen LogP contribution is 2.30. The first-order valence-corrected chi connectivity index (χ1v) is 9.92. The Labute approximate surface area is 151 Å². The van der Waals surface area contributed by atoms with Crippen molar-refractivity contribution in [3.63, 3.8) is 0 Å². The summed E-state index contributed by atoms with van der Waals surface area (Å²) in [4.78, 5) is 16.5. The van der Waals surface area contributed by atoms with Crippen LogP contribution in [0.4, 0.5) is 0 Å². The van der Waals surface area contributed by atoms with Gasteiger partial charge in [-0.2, -0.15) is 0 Å². The molecule has 2 bridgehead atoms. The molecule has 4 aliphatic rings. The van der Waals surface area contributed by atoms with Gasteiger partial charge in [-0.05, 0) is 62.1 Å². The summed E-state index contributed by atoms with van der Waals surface area (Å²) < 4.78 is 6.07. The normalized spacial score (nSPS) is 27.5. The Morgan fingerprint density at radius 3 is 2.52 bits per heavy atom. The number of nitrogens with zero attached hydrogens (tertiary/aromatic N) is 2. The van der Waals surface area contributed by atoms with E-state index in [9.17, 15) is 4.79 Å². The van der Waals surface area contributed by atoms with E-state index < -0.39 is 0 Å². The first-order valence-electron chi connectivity index (χ1n) is 9.92. The van der Waals surface area contributed by atoms with Crippen molar-refractivity contribution in [2.45, 2.75) is 64.1 Å². The van der Waals surface area contributed by atoms with Crippen molar-refractivity contribution >= 4 is 5.91 Å². The molecular weight excluding hydrogens is 312 g/mol. The molecule has 1 amide bonds. The van der Waals surface area contributed by atoms with Crippen LogP contribution in [0.3, 0.4) is 0 Å². The highest BCUT2D eigenvalue weighted by atomic mass is 16.5. The minimum Gasteiger partial charge on any atom is -0.490 e. The fourth-order valence-corrected chi connectivity index (χ4v) is 4.74. The van der Waals surface area contributed by atoms with Crippen LogP contribution in [-0.2, 0) is 11.3 Å². The van der Waals surface area contributed by atoms with Gasteiger partial charge in [0.05, 0.1) is 6.10 Å². The van der Waals surface area contributed by atoms with Crippen LogP contribution in [0.1, 0.15) is 51.0 Å². The second-order valence-corrected chi connectivity index (χ2v) is 8.12. The molecule has 0 aromatic heterocycles. The van der Waals surface area contributed by atoms with Crippen molar-refractivity contribution in [2.24, 2.45) is 5.92 Å². The summed E-state index contributed by atoms with van der Waals surface area (Å²) in [6.45, 7) is 5.65. The smallest absolute Gasteiger partial charge is 0.219 e. The molecule has 25 heavy (non-hydrogen) atoms. The van der Waals surface area contributed by atoms with Crippen LogP contribution in [0, 0.1) is 5.92 Å². The van der Waals surface area contributed by atoms with Gasteiger partial charge in [-0.3, -0.25) is 9.69 Å². The summed E-state index contributed by atoms with van der Waals surface area (Å²) >= 11 is 0. The van der Waals surface area contributed by atoms with E-state index in [1.165, 1.54) is 44.1 Å². The lowest BCUT2D eigenvalue weighted by Crippen LogP contribution is -2.43. The van der Waals surface area contributed by atoms with Gasteiger partial charge in [0.25, 0.3) is 0 Å². The van der Waals surface area contributed by atoms with Crippen molar-refractivity contribution in [3.05, 3.63) is 29.8 Å². The second kappa shape index (κ2) is 7.36. The molecule has 4 nitrogen and oxygen atoms in total. The van der Waals surface area contributed by atoms with Gasteiger partial charge in [-0.15, -0.1) is 0 Å². The van der Waals surface area contributed by atoms with Crippen LogP contribution in [-0.4, -0.2) is 47.5 Å². The molecule has 3 aliphatic heterocycles. The average molecular weight is 342 g/mol. The summed E-state index contributed by atoms with van der Waals surface area (Å²) in [5.74, 6) is 1.87. The zero-order chi connectivity index (χ0) is 17.2. The summed E-state index contributed by atoms with van der Waals surface area (Å²) in [6.07, 6.45) is 7.91. The van der Waals surface area contributed by atoms with Crippen LogP contribution in [0.2, 0.25) is 0 Å². The molecule has 0 radical (unpaired) electrons. The molecule has 0 unspecified atom stereocenters. The zero-order valence-electron chi connectivity index (χ0n) is 15.3. The Balaban J connectivity index is 1.37. The van der Waals surface area contributed by atoms with E-state index in [1.54, 1.807) is 6.92 Å². The Morgan fingerprint density at radius 2 is 1.80 bits per heavy atom. The van der Waals surface area contributed by atoms with Gasteiger partial charge in [-0.1, -0.05) is 12.1 Å². The van der Waals surface area contributed by atoms with Gasteiger partial charge in [0.2, 0.25) is 5.91 Å². The van der Waals surface area contributed by atoms with Crippen molar-refractivity contribution in [3.8, 4) is 5.75 Å². The van der Waals surface area contributed by atoms with Gasteiger partial charge in [0.1, 0.15) is 5.75 Å². The van der Waals surface area contributed by atoms with Crippen LogP contribution >= 0.6 is 0 Å². The third-order valence-corrected chi connectivity index (χ3v) is 6.19. The molecule has 136 valence electrons. The number of hydrogen-bond donors (Lipinski definition) is 0. The Morgan fingerprint density at radius 1 is 1.04 bits per heavy atom. The van der Waals surface area contributed by atoms with E-state index in [-0.39, 0.29) is 5.91 Å². The van der Waals surface area contributed by atoms with E-state index in [4.69, 9.17) is 4.74 Å². The molecule has 1 aliphatic carbocycles. The fraction of sp³-hybridized carbons (Fsp3) is 0.667. The standard InChI is InChI=1S/C21H30N2O2/c1-16(24)22-13-18-6-9-19(15-22)23(14-18)12-17-7-10-21(11-8-17)25-20-4-2-3-5-20/h7-8,10-11,18-20H,2-6,9,12-15H2,1H3/t18-,19+/m0/s1. The lowest BCUT2D eigenvalue weighted by atomic mass is 9.94. The number of rotatable bonds is 4. The van der Waals surface area contributed by atoms with Gasteiger partial charge in [-0.25, -0.2) is 0 Å². The van der Waals surface area contributed by atoms with Crippen molar-refractivity contribution in [2.75, 3.05) is 19.6 Å². The predicted octanol–water partition coefficient (Wildman–Crippen LogP) is 3.45. The topological polar surface area (TPSA) is 32.8 Å². The monoisotopic (exact) mass is 342 g/mol. The van der Waals surface area contributed by atoms with Crippen molar-refractivity contribution in [1.29, 1.82) is 0 Å². The lowest BCUT2D eigenvalue weighted by Gasteiger charge is -2.36. The minimum absolute atomic E-state index is 0.229. The van der Waals surface area contributed by atoms with Gasteiger partial charge in [0, 0.05) is 39.1 Å². The maximum absolute atomic E-state index is 11.8. The lowest BCUT2D eigenvalue weighted by molar-refractivity contribution is -0.129. The molecule has 2 atom stereocenters. The van der Waals surface area contributed by atoms with E-state index >= 15 is 0 Å². The largest absolute Gasteiger partial charge is 0.490 e. The number of fused-ring (bicyclic) bond motifs is 4. The molecule has 5 rings (SSSR count). The van der Waals surface area contributed by atoms with Gasteiger partial charge >= 0.3 is 0 Å². The highest BCUT2D eigenvalue weighted by molar-refractivity contribution is 5.73. The summed E-state index contributed by atoms with van der Waals surface area (Å²) in [5, 5.41) is 0. The fourth-order valence-electron chi connectivity index (χ4n) is 4.74. The average Bonchev–Trinajstić information content (AvgIpc) is 2.94. The molecule has 0 N–H and O–H groups in total. The maximum atomic E-state index is 11.8. The van der Waals surface area contributed by atoms with Crippen molar-refractivity contribution < 1.29 is 9.53 Å². The summed E-state index contributed by atoms with van der Waals surface area (Å²) in [5.41, 5.74) is 1.35. The SMILES string of the molecule is CC(=O)N1C[C@@H]2CC[C@H](C1)N(Cc1ccc(OC3CCCC3)cc1)C2. The van der Waals surface area contributed by atoms with Crippen LogP contribution in [0.25, 0.3) is 0 Å². The second-order valence-electron chi connectivity index (χ2n) is 8.12. The number of hydrogen-bond acceptors (Lipinski definition) is 3. The van der Waals surface area contributed by atoms with Crippen LogP contribution in [0.5, 0.6) is 5.75 Å². The minimum atomic E-state index is 0.229. The molecule has 4 fully saturated rings. The van der Waals surface area contributed by atoms with Crippen molar-refractivity contribution in [1.82, 2.24) is 9.80 Å². The summed E-state index contributed by atoms with van der Waals surface area (Å²) in [7, 11) is 0.